The van der Waals surface area contributed by atoms with Crippen LogP contribution >= 0.6 is 0 Å². The van der Waals surface area contributed by atoms with Gasteiger partial charge in [0.15, 0.2) is 0 Å². The summed E-state index contributed by atoms with van der Waals surface area (Å²) < 4.78 is 0. The van der Waals surface area contributed by atoms with Gasteiger partial charge in [0.05, 0.1) is 7.85 Å². The van der Waals surface area contributed by atoms with Gasteiger partial charge in [0, 0.05) is 6.61 Å². The highest BCUT2D eigenvalue weighted by molar-refractivity contribution is 6.08. The standard InChI is InChI=1S/C4H10O.C2H5B/c1-2-3-4-5;1-2-3/h5H,2-4H2,1H3;2H2,1H3. The van der Waals surface area contributed by atoms with Crippen LogP contribution < -0.4 is 0 Å². The van der Waals surface area contributed by atoms with Gasteiger partial charge in [-0.2, -0.15) is 0 Å². The molecule has 1 nitrogen and oxygen atoms in total. The molecule has 1 N–H and O–H groups in total. The van der Waals surface area contributed by atoms with Crippen LogP contribution in [0.2, 0.25) is 6.32 Å². The largest absolute Gasteiger partial charge is 0.396 e. The molecule has 2 heteroatoms. The number of hydrogen-bond acceptors (Lipinski definition) is 1. The van der Waals surface area contributed by atoms with Crippen molar-refractivity contribution in [1.82, 2.24) is 0 Å². The van der Waals surface area contributed by atoms with Crippen LogP contribution in [0.4, 0.5) is 0 Å². The smallest absolute Gasteiger partial charge is 0.0649 e. The average molecular weight is 114 g/mol. The lowest BCUT2D eigenvalue weighted by molar-refractivity contribution is 0.287. The lowest BCUT2D eigenvalue weighted by atomic mass is 10.1. The molecular formula is C6H15BO. The van der Waals surface area contributed by atoms with Gasteiger partial charge >= 0.3 is 0 Å². The number of rotatable bonds is 2. The Morgan fingerprint density at radius 1 is 1.38 bits per heavy atom. The second-order valence-electron chi connectivity index (χ2n) is 1.49. The van der Waals surface area contributed by atoms with Crippen molar-refractivity contribution in [2.45, 2.75) is 33.0 Å². The number of aliphatic hydroxyl groups excluding tert-OH is 1. The molecule has 0 fully saturated rings. The summed E-state index contributed by atoms with van der Waals surface area (Å²) in [6.07, 6.45) is 2.79. The molecule has 0 bridgehead atoms. The first-order chi connectivity index (χ1) is 3.83. The molecule has 0 aliphatic heterocycles. The van der Waals surface area contributed by atoms with Crippen molar-refractivity contribution >= 4 is 7.85 Å². The van der Waals surface area contributed by atoms with Crippen LogP contribution in [0, 0.1) is 0 Å². The Morgan fingerprint density at radius 2 is 1.75 bits per heavy atom. The molecule has 0 atom stereocenters. The van der Waals surface area contributed by atoms with Gasteiger partial charge in [0.25, 0.3) is 0 Å². The third-order valence-corrected chi connectivity index (χ3v) is 0.512. The molecule has 48 valence electrons. The predicted molar refractivity (Wildman–Crippen MR) is 38.2 cm³/mol. The maximum atomic E-state index is 8.07. The van der Waals surface area contributed by atoms with Gasteiger partial charge in [-0.3, -0.25) is 0 Å². The summed E-state index contributed by atoms with van der Waals surface area (Å²) in [6, 6.07) is 0. The third-order valence-electron chi connectivity index (χ3n) is 0.512. The first-order valence-electron chi connectivity index (χ1n) is 3.14. The van der Waals surface area contributed by atoms with E-state index in [1.807, 2.05) is 6.92 Å². The second-order valence-corrected chi connectivity index (χ2v) is 1.49. The van der Waals surface area contributed by atoms with Crippen molar-refractivity contribution in [3.63, 3.8) is 0 Å². The Bertz CT molecular complexity index is 22.5. The molecule has 0 heterocycles. The molecule has 0 aliphatic rings. The van der Waals surface area contributed by atoms with E-state index in [1.54, 1.807) is 0 Å². The Kier molecular flexibility index (Phi) is 21.5. The number of aliphatic hydroxyl groups is 1. The van der Waals surface area contributed by atoms with E-state index >= 15 is 0 Å². The van der Waals surface area contributed by atoms with Gasteiger partial charge in [0.1, 0.15) is 0 Å². The van der Waals surface area contributed by atoms with Gasteiger partial charge in [-0.1, -0.05) is 26.6 Å². The molecule has 0 aromatic rings. The minimum Gasteiger partial charge on any atom is -0.396 e. The van der Waals surface area contributed by atoms with Gasteiger partial charge in [0.2, 0.25) is 0 Å². The minimum absolute atomic E-state index is 0.344. The summed E-state index contributed by atoms with van der Waals surface area (Å²) in [4.78, 5) is 0. The van der Waals surface area contributed by atoms with Crippen molar-refractivity contribution in [2.75, 3.05) is 6.61 Å². The topological polar surface area (TPSA) is 20.2 Å². The van der Waals surface area contributed by atoms with Crippen molar-refractivity contribution in [1.29, 1.82) is 0 Å². The van der Waals surface area contributed by atoms with Crippen LogP contribution in [0.15, 0.2) is 0 Å². The van der Waals surface area contributed by atoms with Crippen LogP contribution in [-0.2, 0) is 0 Å². The summed E-state index contributed by atoms with van der Waals surface area (Å²) in [6.45, 7) is 4.30. The van der Waals surface area contributed by atoms with Crippen molar-refractivity contribution in [2.24, 2.45) is 0 Å². The van der Waals surface area contributed by atoms with E-state index in [-0.39, 0.29) is 0 Å². The van der Waals surface area contributed by atoms with E-state index in [4.69, 9.17) is 13.0 Å². The molecule has 0 amide bonds. The third kappa shape index (κ3) is 37.1. The highest BCUT2D eigenvalue weighted by Gasteiger charge is 1.69. The Balaban J connectivity index is 0. The van der Waals surface area contributed by atoms with E-state index in [2.05, 4.69) is 6.92 Å². The number of unbranched alkanes of at least 4 members (excludes halogenated alkanes) is 1. The van der Waals surface area contributed by atoms with Crippen molar-refractivity contribution < 1.29 is 5.11 Å². The molecule has 0 unspecified atom stereocenters. The monoisotopic (exact) mass is 114 g/mol. The lowest BCUT2D eigenvalue weighted by Gasteiger charge is -1.79. The first-order valence-corrected chi connectivity index (χ1v) is 3.14. The van der Waals surface area contributed by atoms with Gasteiger partial charge in [-0.05, 0) is 6.42 Å². The fourth-order valence-corrected chi connectivity index (χ4v) is 0.158. The summed E-state index contributed by atoms with van der Waals surface area (Å²) in [5.74, 6) is 0. The van der Waals surface area contributed by atoms with Gasteiger partial charge in [-0.25, -0.2) is 0 Å². The quantitative estimate of drug-likeness (QED) is 0.537. The molecule has 0 aromatic carbocycles. The Hall–Kier alpha value is 0.0249. The molecule has 8 heavy (non-hydrogen) atoms. The van der Waals surface area contributed by atoms with Crippen molar-refractivity contribution in [3.8, 4) is 0 Å². The van der Waals surface area contributed by atoms with Crippen molar-refractivity contribution in [3.05, 3.63) is 0 Å². The Morgan fingerprint density at radius 3 is 1.75 bits per heavy atom. The van der Waals surface area contributed by atoms with Crippen LogP contribution in [0.3, 0.4) is 0 Å². The van der Waals surface area contributed by atoms with E-state index in [0.717, 1.165) is 19.2 Å². The van der Waals surface area contributed by atoms with Crippen LogP contribution in [0.25, 0.3) is 0 Å². The molecule has 2 radical (unpaired) electrons. The van der Waals surface area contributed by atoms with E-state index in [9.17, 15) is 0 Å². The summed E-state index contributed by atoms with van der Waals surface area (Å²) >= 11 is 0. The lowest BCUT2D eigenvalue weighted by Crippen LogP contribution is -1.75. The molecule has 0 rings (SSSR count). The summed E-state index contributed by atoms with van der Waals surface area (Å²) in [7, 11) is 4.85. The van der Waals surface area contributed by atoms with E-state index in [0.29, 0.717) is 6.61 Å². The summed E-state index contributed by atoms with van der Waals surface area (Å²) in [5, 5.41) is 8.07. The summed E-state index contributed by atoms with van der Waals surface area (Å²) in [5.41, 5.74) is 0. The average Bonchev–Trinajstić information content (AvgIpc) is 1.71. The SMILES string of the molecule is CCCCO.[B]CC. The zero-order chi connectivity index (χ0) is 6.83. The van der Waals surface area contributed by atoms with Crippen LogP contribution in [0.1, 0.15) is 26.7 Å². The van der Waals surface area contributed by atoms with Crippen LogP contribution in [0.5, 0.6) is 0 Å². The molecule has 0 saturated heterocycles. The fourth-order valence-electron chi connectivity index (χ4n) is 0.158. The van der Waals surface area contributed by atoms with E-state index < -0.39 is 0 Å². The van der Waals surface area contributed by atoms with Gasteiger partial charge < -0.3 is 5.11 Å². The molecular weight excluding hydrogens is 98.9 g/mol. The second kappa shape index (κ2) is 15.7. The number of hydrogen-bond donors (Lipinski definition) is 1. The highest BCUT2D eigenvalue weighted by atomic mass is 16.2. The first kappa shape index (κ1) is 10.9. The molecule has 0 spiro atoms. The molecule has 0 saturated carbocycles. The molecule has 0 aromatic heterocycles. The highest BCUT2D eigenvalue weighted by Crippen LogP contribution is 1.78. The maximum absolute atomic E-state index is 8.07. The Labute approximate surface area is 53.5 Å². The zero-order valence-electron chi connectivity index (χ0n) is 5.85. The minimum atomic E-state index is 0.344. The maximum Gasteiger partial charge on any atom is 0.0649 e. The molecule has 0 aliphatic carbocycles. The van der Waals surface area contributed by atoms with Gasteiger partial charge in [-0.15, -0.1) is 0 Å². The predicted octanol–water partition coefficient (Wildman–Crippen LogP) is 1.37. The fraction of sp³-hybridized carbons (Fsp3) is 1.00. The zero-order valence-corrected chi connectivity index (χ0v) is 5.85. The van der Waals surface area contributed by atoms with Crippen LogP contribution in [-0.4, -0.2) is 19.6 Å². The normalized spacial score (nSPS) is 7.38. The van der Waals surface area contributed by atoms with E-state index in [1.165, 1.54) is 0 Å².